The van der Waals surface area contributed by atoms with E-state index in [0.29, 0.717) is 6.07 Å². The highest BCUT2D eigenvalue weighted by molar-refractivity contribution is 7.95. The molecule has 0 amide bonds. The molecule has 0 saturated heterocycles. The van der Waals surface area contributed by atoms with Crippen molar-refractivity contribution in [2.45, 2.75) is 4.90 Å². The highest BCUT2D eigenvalue weighted by Crippen LogP contribution is 2.30. The molecule has 0 N–H and O–H groups in total. The van der Waals surface area contributed by atoms with Gasteiger partial charge in [0.15, 0.2) is 0 Å². The van der Waals surface area contributed by atoms with Crippen molar-refractivity contribution in [1.29, 1.82) is 5.26 Å². The smallest absolute Gasteiger partial charge is 0.218 e. The van der Waals surface area contributed by atoms with Gasteiger partial charge in [-0.05, 0) is 36.4 Å². The van der Waals surface area contributed by atoms with E-state index in [1.54, 1.807) is 0 Å². The Balaban J connectivity index is 2.62. The average Bonchev–Trinajstić information content (AvgIpc) is 2.48. The Morgan fingerprint density at radius 1 is 1.13 bits per heavy atom. The van der Waals surface area contributed by atoms with Gasteiger partial charge in [0, 0.05) is 16.7 Å². The zero-order valence-corrected chi connectivity index (χ0v) is 13.6. The van der Waals surface area contributed by atoms with Gasteiger partial charge in [0.05, 0.1) is 9.92 Å². The Morgan fingerprint density at radius 2 is 1.83 bits per heavy atom. The van der Waals surface area contributed by atoms with E-state index in [1.165, 1.54) is 18.2 Å². The fraction of sp³-hybridized carbons (Fsp3) is 0. The van der Waals surface area contributed by atoms with Crippen LogP contribution in [-0.2, 0) is 9.84 Å². The number of benzene rings is 2. The highest BCUT2D eigenvalue weighted by Gasteiger charge is 2.24. The fourth-order valence-corrected chi connectivity index (χ4v) is 3.64. The first-order valence-electron chi connectivity index (χ1n) is 6.02. The number of sulfone groups is 1. The summed E-state index contributed by atoms with van der Waals surface area (Å²) in [6.07, 6.45) is 0.807. The average molecular weight is 374 g/mol. The summed E-state index contributed by atoms with van der Waals surface area (Å²) in [4.78, 5) is -1.12. The van der Waals surface area contributed by atoms with Gasteiger partial charge in [0.25, 0.3) is 0 Å². The molecule has 3 nitrogen and oxygen atoms in total. The molecule has 2 aromatic rings. The van der Waals surface area contributed by atoms with Crippen molar-refractivity contribution in [3.05, 3.63) is 68.5 Å². The second kappa shape index (κ2) is 6.67. The van der Waals surface area contributed by atoms with E-state index in [-0.39, 0.29) is 20.5 Å². The molecular weight excluding hydrogens is 367 g/mol. The Kier molecular flexibility index (Phi) is 5.05. The van der Waals surface area contributed by atoms with Crippen molar-refractivity contribution in [3.8, 4) is 6.07 Å². The quantitative estimate of drug-likeness (QED) is 0.738. The van der Waals surface area contributed by atoms with E-state index in [2.05, 4.69) is 0 Å². The van der Waals surface area contributed by atoms with Crippen LogP contribution < -0.4 is 0 Å². The van der Waals surface area contributed by atoms with Crippen molar-refractivity contribution in [2.75, 3.05) is 0 Å². The van der Waals surface area contributed by atoms with E-state index in [1.807, 2.05) is 0 Å². The summed E-state index contributed by atoms with van der Waals surface area (Å²) in [6.45, 7) is 0. The molecule has 0 unspecified atom stereocenters. The van der Waals surface area contributed by atoms with Crippen molar-refractivity contribution in [3.63, 3.8) is 0 Å². The molecule has 0 atom stereocenters. The molecule has 2 aromatic carbocycles. The normalized spacial score (nSPS) is 12.0. The van der Waals surface area contributed by atoms with Crippen LogP contribution in [0.25, 0.3) is 6.08 Å². The van der Waals surface area contributed by atoms with E-state index in [4.69, 9.17) is 28.5 Å². The van der Waals surface area contributed by atoms with E-state index in [0.717, 1.165) is 24.3 Å². The molecule has 0 saturated carbocycles. The molecule has 118 valence electrons. The molecule has 23 heavy (non-hydrogen) atoms. The maximum atomic E-state index is 13.6. The highest BCUT2D eigenvalue weighted by atomic mass is 35.5. The topological polar surface area (TPSA) is 57.9 Å². The summed E-state index contributed by atoms with van der Waals surface area (Å²) in [5, 5.41) is 9.10. The number of halogens is 4. The lowest BCUT2D eigenvalue weighted by Crippen LogP contribution is -2.05. The molecule has 0 heterocycles. The van der Waals surface area contributed by atoms with Gasteiger partial charge in [-0.2, -0.15) is 5.26 Å². The minimum atomic E-state index is -4.31. The first kappa shape index (κ1) is 17.4. The summed E-state index contributed by atoms with van der Waals surface area (Å²) in [5.41, 5.74) is -0.246. The summed E-state index contributed by atoms with van der Waals surface area (Å²) in [7, 11) is -4.31. The first-order chi connectivity index (χ1) is 10.8. The van der Waals surface area contributed by atoms with Gasteiger partial charge in [-0.1, -0.05) is 23.2 Å². The Bertz CT molecular complexity index is 950. The van der Waals surface area contributed by atoms with Crippen LogP contribution in [0.1, 0.15) is 5.56 Å². The van der Waals surface area contributed by atoms with Crippen LogP contribution >= 0.6 is 23.2 Å². The van der Waals surface area contributed by atoms with Crippen molar-refractivity contribution < 1.29 is 17.2 Å². The van der Waals surface area contributed by atoms with Crippen molar-refractivity contribution in [1.82, 2.24) is 0 Å². The Morgan fingerprint density at radius 3 is 2.43 bits per heavy atom. The second-order valence-corrected chi connectivity index (χ2v) is 7.09. The molecule has 0 fully saturated rings. The maximum Gasteiger partial charge on any atom is 0.218 e. The summed E-state index contributed by atoms with van der Waals surface area (Å²) < 4.78 is 51.5. The lowest BCUT2D eigenvalue weighted by molar-refractivity contribution is 0.581. The van der Waals surface area contributed by atoms with Crippen LogP contribution in [0.15, 0.2) is 46.2 Å². The standard InChI is InChI=1S/C15H7Cl2F2NO2S/c16-10-2-4-13(17)15(6-10)23(21,22)12(8-20)5-9-1-3-11(18)7-14(9)19/h1-7H/b12-5+. The molecular formula is C15H7Cl2F2NO2S. The minimum absolute atomic E-state index is 0.109. The van der Waals surface area contributed by atoms with Gasteiger partial charge in [-0.25, -0.2) is 17.2 Å². The second-order valence-electron chi connectivity index (χ2n) is 4.36. The third-order valence-electron chi connectivity index (χ3n) is 2.83. The SMILES string of the molecule is N#C/C(=C\c1ccc(F)cc1F)S(=O)(=O)c1cc(Cl)ccc1Cl. The minimum Gasteiger partial charge on any atom is -0.218 e. The zero-order chi connectivity index (χ0) is 17.2. The third-order valence-corrected chi connectivity index (χ3v) is 5.21. The fourth-order valence-electron chi connectivity index (χ4n) is 1.73. The zero-order valence-electron chi connectivity index (χ0n) is 11.2. The van der Waals surface area contributed by atoms with Crippen LogP contribution in [0.2, 0.25) is 10.0 Å². The van der Waals surface area contributed by atoms with Crippen LogP contribution in [0.4, 0.5) is 8.78 Å². The number of nitrogens with zero attached hydrogens (tertiary/aromatic N) is 1. The number of nitriles is 1. The largest absolute Gasteiger partial charge is 0.218 e. The Labute approximate surface area is 141 Å². The number of allylic oxidation sites excluding steroid dienone is 1. The van der Waals surface area contributed by atoms with Crippen LogP contribution in [0, 0.1) is 23.0 Å². The van der Waals surface area contributed by atoms with Crippen LogP contribution in [0.5, 0.6) is 0 Å². The molecule has 0 bridgehead atoms. The monoisotopic (exact) mass is 373 g/mol. The van der Waals surface area contributed by atoms with Crippen LogP contribution in [-0.4, -0.2) is 8.42 Å². The molecule has 0 aliphatic heterocycles. The van der Waals surface area contributed by atoms with E-state index >= 15 is 0 Å². The van der Waals surface area contributed by atoms with Crippen molar-refractivity contribution >= 4 is 39.1 Å². The van der Waals surface area contributed by atoms with Crippen LogP contribution in [0.3, 0.4) is 0 Å². The molecule has 0 aliphatic rings. The molecule has 0 spiro atoms. The molecule has 2 rings (SSSR count). The van der Waals surface area contributed by atoms with Gasteiger partial charge in [0.2, 0.25) is 9.84 Å². The number of hydrogen-bond acceptors (Lipinski definition) is 3. The van der Waals surface area contributed by atoms with Gasteiger partial charge in [-0.15, -0.1) is 0 Å². The van der Waals surface area contributed by atoms with Gasteiger partial charge < -0.3 is 0 Å². The van der Waals surface area contributed by atoms with Crippen molar-refractivity contribution in [2.24, 2.45) is 0 Å². The van der Waals surface area contributed by atoms with E-state index < -0.39 is 26.4 Å². The molecule has 0 radical (unpaired) electrons. The number of rotatable bonds is 3. The van der Waals surface area contributed by atoms with Gasteiger partial charge in [0.1, 0.15) is 22.6 Å². The van der Waals surface area contributed by atoms with Gasteiger partial charge in [-0.3, -0.25) is 0 Å². The lowest BCUT2D eigenvalue weighted by Gasteiger charge is -2.06. The first-order valence-corrected chi connectivity index (χ1v) is 8.26. The van der Waals surface area contributed by atoms with E-state index in [9.17, 15) is 17.2 Å². The molecule has 0 aromatic heterocycles. The number of hydrogen-bond donors (Lipinski definition) is 0. The summed E-state index contributed by atoms with van der Waals surface area (Å²) in [6, 6.07) is 7.79. The molecule has 8 heteroatoms. The predicted molar refractivity (Wildman–Crippen MR) is 83.6 cm³/mol. The maximum absolute atomic E-state index is 13.6. The third kappa shape index (κ3) is 3.70. The lowest BCUT2D eigenvalue weighted by atomic mass is 10.2. The summed E-state index contributed by atoms with van der Waals surface area (Å²) >= 11 is 11.6. The molecule has 0 aliphatic carbocycles. The Hall–Kier alpha value is -1.94. The predicted octanol–water partition coefficient (Wildman–Crippen LogP) is 4.61. The summed E-state index contributed by atoms with van der Waals surface area (Å²) in [5.74, 6) is -1.82. The van der Waals surface area contributed by atoms with Gasteiger partial charge >= 0.3 is 0 Å².